The molecule has 1 saturated carbocycles. The molecule has 3 aliphatic rings. The second kappa shape index (κ2) is 7.46. The highest BCUT2D eigenvalue weighted by atomic mass is 32.1. The molecule has 1 saturated heterocycles. The Morgan fingerprint density at radius 1 is 1.19 bits per heavy atom. The van der Waals surface area contributed by atoms with E-state index in [0.29, 0.717) is 13.1 Å². The van der Waals surface area contributed by atoms with Gasteiger partial charge in [0.15, 0.2) is 5.96 Å². The number of allylic oxidation sites excluding steroid dienone is 2. The predicted octanol–water partition coefficient (Wildman–Crippen LogP) is 1.92. The molecule has 1 aliphatic heterocycles. The standard InChI is InChI=1S/C20H26N4O2S/c1-12-4-7-15(27-12)11-23-20(21-2)22-8-3-9-24-18(25)16-13-5-6-14(10-13)17(16)19(24)26/h4-7,13-14,16-17H,3,8-11H2,1-2H3,(H2,21,22,23). The van der Waals surface area contributed by atoms with Crippen LogP contribution >= 0.6 is 11.3 Å². The number of guanidine groups is 1. The number of nitrogens with one attached hydrogen (secondary N) is 2. The fourth-order valence-corrected chi connectivity index (χ4v) is 5.43. The van der Waals surface area contributed by atoms with E-state index in [1.54, 1.807) is 18.4 Å². The van der Waals surface area contributed by atoms with Gasteiger partial charge >= 0.3 is 0 Å². The predicted molar refractivity (Wildman–Crippen MR) is 106 cm³/mol. The zero-order valence-corrected chi connectivity index (χ0v) is 16.6. The van der Waals surface area contributed by atoms with Gasteiger partial charge in [-0.25, -0.2) is 0 Å². The third kappa shape index (κ3) is 3.40. The minimum Gasteiger partial charge on any atom is -0.356 e. The van der Waals surface area contributed by atoms with Gasteiger partial charge in [0.25, 0.3) is 0 Å². The van der Waals surface area contributed by atoms with E-state index in [2.05, 4.69) is 46.8 Å². The number of thiophene rings is 1. The first-order chi connectivity index (χ1) is 13.1. The Morgan fingerprint density at radius 3 is 2.48 bits per heavy atom. The summed E-state index contributed by atoms with van der Waals surface area (Å²) in [5, 5.41) is 6.55. The van der Waals surface area contributed by atoms with Crippen molar-refractivity contribution < 1.29 is 9.59 Å². The maximum atomic E-state index is 12.6. The molecule has 7 heteroatoms. The first-order valence-corrected chi connectivity index (χ1v) is 10.4. The number of aryl methyl sites for hydroxylation is 1. The van der Waals surface area contributed by atoms with Crippen LogP contribution in [0.4, 0.5) is 0 Å². The number of rotatable bonds is 6. The van der Waals surface area contributed by atoms with Crippen LogP contribution in [-0.2, 0) is 16.1 Å². The number of imide groups is 1. The third-order valence-corrected chi connectivity index (χ3v) is 6.86. The zero-order chi connectivity index (χ0) is 19.0. The second-order valence-corrected chi connectivity index (χ2v) is 8.92. The van der Waals surface area contributed by atoms with Crippen molar-refractivity contribution >= 4 is 29.1 Å². The summed E-state index contributed by atoms with van der Waals surface area (Å²) in [6.45, 7) is 3.98. The van der Waals surface area contributed by atoms with Gasteiger partial charge in [-0.3, -0.25) is 19.5 Å². The highest BCUT2D eigenvalue weighted by Gasteiger charge is 2.58. The molecule has 0 spiro atoms. The Morgan fingerprint density at radius 2 is 1.89 bits per heavy atom. The van der Waals surface area contributed by atoms with Gasteiger partial charge in [0, 0.05) is 29.9 Å². The van der Waals surface area contributed by atoms with Crippen LogP contribution in [0.1, 0.15) is 22.6 Å². The molecule has 1 aromatic rings. The van der Waals surface area contributed by atoms with E-state index in [1.165, 1.54) is 14.7 Å². The number of amides is 2. The highest BCUT2D eigenvalue weighted by molar-refractivity contribution is 7.11. The van der Waals surface area contributed by atoms with Crippen LogP contribution in [0.3, 0.4) is 0 Å². The van der Waals surface area contributed by atoms with Crippen molar-refractivity contribution in [2.45, 2.75) is 26.3 Å². The molecule has 4 unspecified atom stereocenters. The molecule has 144 valence electrons. The van der Waals surface area contributed by atoms with E-state index < -0.39 is 0 Å². The number of aliphatic imine (C=N–C) groups is 1. The average Bonchev–Trinajstić information content (AvgIpc) is 3.42. The summed E-state index contributed by atoms with van der Waals surface area (Å²) in [5.41, 5.74) is 0. The summed E-state index contributed by atoms with van der Waals surface area (Å²) in [7, 11) is 1.74. The van der Waals surface area contributed by atoms with Gasteiger partial charge in [-0.05, 0) is 43.7 Å². The van der Waals surface area contributed by atoms with Gasteiger partial charge in [0.05, 0.1) is 18.4 Å². The fourth-order valence-electron chi connectivity index (χ4n) is 4.60. The van der Waals surface area contributed by atoms with Gasteiger partial charge in [0.1, 0.15) is 0 Å². The molecule has 6 nitrogen and oxygen atoms in total. The molecule has 2 fully saturated rings. The molecule has 27 heavy (non-hydrogen) atoms. The fraction of sp³-hybridized carbons (Fsp3) is 0.550. The number of hydrogen-bond acceptors (Lipinski definition) is 4. The summed E-state index contributed by atoms with van der Waals surface area (Å²) in [6.07, 6.45) is 5.96. The van der Waals surface area contributed by atoms with Gasteiger partial charge in [-0.15, -0.1) is 11.3 Å². The lowest BCUT2D eigenvalue weighted by Gasteiger charge is -2.18. The number of carbonyl (C=O) groups is 2. The molecule has 2 amide bonds. The van der Waals surface area contributed by atoms with Crippen LogP contribution in [0.5, 0.6) is 0 Å². The summed E-state index contributed by atoms with van der Waals surface area (Å²) in [4.78, 5) is 33.6. The van der Waals surface area contributed by atoms with Crippen molar-refractivity contribution in [3.63, 3.8) is 0 Å². The van der Waals surface area contributed by atoms with E-state index in [4.69, 9.17) is 0 Å². The number of fused-ring (bicyclic) bond motifs is 5. The Hall–Kier alpha value is -2.15. The Bertz CT molecular complexity index is 770. The van der Waals surface area contributed by atoms with Crippen molar-refractivity contribution in [3.05, 3.63) is 34.0 Å². The normalized spacial score (nSPS) is 29.0. The number of carbonyl (C=O) groups excluding carboxylic acids is 2. The van der Waals surface area contributed by atoms with Crippen molar-refractivity contribution in [2.24, 2.45) is 28.7 Å². The van der Waals surface area contributed by atoms with Crippen molar-refractivity contribution in [1.29, 1.82) is 0 Å². The maximum absolute atomic E-state index is 12.6. The molecule has 2 bridgehead atoms. The molecule has 4 atom stereocenters. The van der Waals surface area contributed by atoms with Crippen molar-refractivity contribution in [3.8, 4) is 0 Å². The van der Waals surface area contributed by atoms with Gasteiger partial charge < -0.3 is 10.6 Å². The largest absolute Gasteiger partial charge is 0.356 e. The van der Waals surface area contributed by atoms with E-state index in [0.717, 1.165) is 25.3 Å². The van der Waals surface area contributed by atoms with Crippen LogP contribution < -0.4 is 10.6 Å². The smallest absolute Gasteiger partial charge is 0.233 e. The average molecular weight is 387 g/mol. The minimum absolute atomic E-state index is 0.0393. The Labute approximate surface area is 163 Å². The van der Waals surface area contributed by atoms with E-state index >= 15 is 0 Å². The molecule has 4 rings (SSSR count). The summed E-state index contributed by atoms with van der Waals surface area (Å²) >= 11 is 1.77. The molecular formula is C20H26N4O2S. The number of hydrogen-bond donors (Lipinski definition) is 2. The Balaban J connectivity index is 1.22. The van der Waals surface area contributed by atoms with Crippen LogP contribution in [0, 0.1) is 30.6 Å². The summed E-state index contributed by atoms with van der Waals surface area (Å²) in [5.74, 6) is 1.19. The van der Waals surface area contributed by atoms with Gasteiger partial charge in [-0.1, -0.05) is 12.2 Å². The lowest BCUT2D eigenvalue weighted by Crippen LogP contribution is -2.39. The number of likely N-dealkylation sites (tertiary alicyclic amines) is 1. The lowest BCUT2D eigenvalue weighted by molar-refractivity contribution is -0.140. The van der Waals surface area contributed by atoms with E-state index in [-0.39, 0.29) is 35.5 Å². The molecular weight excluding hydrogens is 360 g/mol. The third-order valence-electron chi connectivity index (χ3n) is 5.86. The molecule has 2 aliphatic carbocycles. The quantitative estimate of drug-likeness (QED) is 0.258. The van der Waals surface area contributed by atoms with Crippen molar-refractivity contribution in [1.82, 2.24) is 15.5 Å². The summed E-state index contributed by atoms with van der Waals surface area (Å²) in [6, 6.07) is 4.22. The van der Waals surface area contributed by atoms with Crippen molar-refractivity contribution in [2.75, 3.05) is 20.1 Å². The topological polar surface area (TPSA) is 73.8 Å². The lowest BCUT2D eigenvalue weighted by atomic mass is 9.85. The molecule has 2 N–H and O–H groups in total. The van der Waals surface area contributed by atoms with E-state index in [9.17, 15) is 9.59 Å². The second-order valence-electron chi connectivity index (χ2n) is 7.55. The van der Waals surface area contributed by atoms with Crippen LogP contribution in [0.15, 0.2) is 29.3 Å². The molecule has 0 aromatic carbocycles. The van der Waals surface area contributed by atoms with Gasteiger partial charge in [-0.2, -0.15) is 0 Å². The van der Waals surface area contributed by atoms with Crippen LogP contribution in [-0.4, -0.2) is 42.8 Å². The molecule has 0 radical (unpaired) electrons. The molecule has 1 aromatic heterocycles. The SMILES string of the molecule is CN=C(NCCCN1C(=O)C2C3C=CC(C3)C2C1=O)NCc1ccc(C)s1. The van der Waals surface area contributed by atoms with E-state index in [1.807, 2.05) is 0 Å². The number of nitrogens with zero attached hydrogens (tertiary/aromatic N) is 2. The van der Waals surface area contributed by atoms with Crippen LogP contribution in [0.25, 0.3) is 0 Å². The first-order valence-electron chi connectivity index (χ1n) is 9.62. The monoisotopic (exact) mass is 386 g/mol. The maximum Gasteiger partial charge on any atom is 0.233 e. The zero-order valence-electron chi connectivity index (χ0n) is 15.8. The molecule has 2 heterocycles. The van der Waals surface area contributed by atoms with Crippen LogP contribution in [0.2, 0.25) is 0 Å². The minimum atomic E-state index is -0.0934. The summed E-state index contributed by atoms with van der Waals surface area (Å²) < 4.78 is 0. The van der Waals surface area contributed by atoms with Gasteiger partial charge in [0.2, 0.25) is 11.8 Å². The first kappa shape index (κ1) is 18.2. The Kier molecular flexibility index (Phi) is 5.04. The highest BCUT2D eigenvalue weighted by Crippen LogP contribution is 2.52.